The molecule has 0 bridgehead atoms. The molecule has 0 saturated carbocycles. The van der Waals surface area contributed by atoms with Crippen LogP contribution in [-0.4, -0.2) is 12.8 Å². The molecular weight excluding hydrogens is 331 g/mol. The van der Waals surface area contributed by atoms with Crippen LogP contribution in [0.3, 0.4) is 0 Å². The van der Waals surface area contributed by atoms with E-state index < -0.39 is 12.8 Å². The Kier molecular flexibility index (Phi) is 3.88. The van der Waals surface area contributed by atoms with Crippen LogP contribution in [0.15, 0.2) is 18.2 Å². The highest BCUT2D eigenvalue weighted by Crippen LogP contribution is 2.26. The number of hydrogen-bond acceptors (Lipinski definition) is 1. The van der Waals surface area contributed by atoms with Gasteiger partial charge in [-0.05, 0) is 40.8 Å². The molecule has 1 nitrogen and oxygen atoms in total. The van der Waals surface area contributed by atoms with Crippen LogP contribution in [0.2, 0.25) is 5.02 Å². The molecule has 1 aromatic rings. The van der Waals surface area contributed by atoms with Crippen molar-refractivity contribution in [2.24, 2.45) is 0 Å². The van der Waals surface area contributed by atoms with E-state index in [1.165, 1.54) is 18.2 Å². The summed E-state index contributed by atoms with van der Waals surface area (Å²) in [6.07, 6.45) is -4.32. The Balaban J connectivity index is 2.68. The van der Waals surface area contributed by atoms with Gasteiger partial charge in [0.05, 0.1) is 3.57 Å². The molecule has 0 atom stereocenters. The summed E-state index contributed by atoms with van der Waals surface area (Å²) in [4.78, 5) is 0. The van der Waals surface area contributed by atoms with Crippen molar-refractivity contribution in [1.29, 1.82) is 0 Å². The van der Waals surface area contributed by atoms with Crippen molar-refractivity contribution in [2.75, 3.05) is 6.61 Å². The second-order valence-electron chi connectivity index (χ2n) is 2.48. The average Bonchev–Trinajstić information content (AvgIpc) is 2.00. The molecule has 1 rings (SSSR count). The van der Waals surface area contributed by atoms with E-state index in [1.54, 1.807) is 0 Å². The first kappa shape index (κ1) is 11.9. The van der Waals surface area contributed by atoms with Crippen LogP contribution >= 0.6 is 34.2 Å². The number of ether oxygens (including phenoxy) is 1. The summed E-state index contributed by atoms with van der Waals surface area (Å²) in [7, 11) is 0. The second kappa shape index (κ2) is 4.57. The molecule has 0 amide bonds. The molecule has 14 heavy (non-hydrogen) atoms. The SMILES string of the molecule is FC(F)(F)COc1ccc(Cl)cc1I. The maximum absolute atomic E-state index is 11.8. The van der Waals surface area contributed by atoms with Crippen molar-refractivity contribution < 1.29 is 17.9 Å². The normalized spacial score (nSPS) is 11.5. The molecule has 0 heterocycles. The van der Waals surface area contributed by atoms with Crippen LogP contribution in [0.4, 0.5) is 13.2 Å². The fourth-order valence-electron chi connectivity index (χ4n) is 0.752. The Hall–Kier alpha value is -0.170. The molecule has 0 spiro atoms. The number of benzene rings is 1. The third-order valence-corrected chi connectivity index (χ3v) is 2.36. The van der Waals surface area contributed by atoms with E-state index in [-0.39, 0.29) is 5.75 Å². The van der Waals surface area contributed by atoms with Gasteiger partial charge in [0.25, 0.3) is 0 Å². The zero-order valence-corrected chi connectivity index (χ0v) is 9.65. The lowest BCUT2D eigenvalue weighted by Gasteiger charge is -2.10. The molecule has 0 N–H and O–H groups in total. The lowest BCUT2D eigenvalue weighted by Crippen LogP contribution is -2.19. The minimum atomic E-state index is -4.32. The predicted molar refractivity (Wildman–Crippen MR) is 55.7 cm³/mol. The lowest BCUT2D eigenvalue weighted by atomic mass is 10.3. The van der Waals surface area contributed by atoms with Crippen molar-refractivity contribution in [1.82, 2.24) is 0 Å². The molecule has 78 valence electrons. The predicted octanol–water partition coefficient (Wildman–Crippen LogP) is 3.89. The van der Waals surface area contributed by atoms with Gasteiger partial charge in [-0.3, -0.25) is 0 Å². The molecule has 0 aliphatic carbocycles. The summed E-state index contributed by atoms with van der Waals surface area (Å²) in [5, 5.41) is 0.466. The van der Waals surface area contributed by atoms with Gasteiger partial charge in [0.2, 0.25) is 0 Å². The van der Waals surface area contributed by atoms with Crippen molar-refractivity contribution >= 4 is 34.2 Å². The van der Waals surface area contributed by atoms with E-state index in [1.807, 2.05) is 22.6 Å². The van der Waals surface area contributed by atoms with E-state index in [4.69, 9.17) is 11.6 Å². The molecule has 0 unspecified atom stereocenters. The quantitative estimate of drug-likeness (QED) is 0.745. The minimum absolute atomic E-state index is 0.187. The third-order valence-electron chi connectivity index (χ3n) is 1.29. The highest BCUT2D eigenvalue weighted by Gasteiger charge is 2.28. The summed E-state index contributed by atoms with van der Waals surface area (Å²) in [5.41, 5.74) is 0. The van der Waals surface area contributed by atoms with Crippen molar-refractivity contribution in [3.05, 3.63) is 26.8 Å². The van der Waals surface area contributed by atoms with Crippen molar-refractivity contribution in [3.8, 4) is 5.75 Å². The van der Waals surface area contributed by atoms with Gasteiger partial charge in [-0.15, -0.1) is 0 Å². The van der Waals surface area contributed by atoms with Gasteiger partial charge >= 0.3 is 6.18 Å². The van der Waals surface area contributed by atoms with Crippen LogP contribution in [-0.2, 0) is 0 Å². The monoisotopic (exact) mass is 336 g/mol. The molecule has 1 aromatic carbocycles. The maximum atomic E-state index is 11.8. The second-order valence-corrected chi connectivity index (χ2v) is 4.08. The minimum Gasteiger partial charge on any atom is -0.483 e. The number of rotatable bonds is 2. The van der Waals surface area contributed by atoms with Gasteiger partial charge in [0.15, 0.2) is 6.61 Å². The van der Waals surface area contributed by atoms with Crippen LogP contribution in [0.1, 0.15) is 0 Å². The smallest absolute Gasteiger partial charge is 0.422 e. The molecule has 6 heteroatoms. The van der Waals surface area contributed by atoms with Crippen molar-refractivity contribution in [3.63, 3.8) is 0 Å². The first-order valence-electron chi connectivity index (χ1n) is 3.53. The zero-order valence-electron chi connectivity index (χ0n) is 6.74. The van der Waals surface area contributed by atoms with Gasteiger partial charge in [-0.2, -0.15) is 13.2 Å². The highest BCUT2D eigenvalue weighted by molar-refractivity contribution is 14.1. The molecule has 0 saturated heterocycles. The van der Waals surface area contributed by atoms with Crippen LogP contribution in [0.5, 0.6) is 5.75 Å². The van der Waals surface area contributed by atoms with Gasteiger partial charge in [-0.1, -0.05) is 11.6 Å². The van der Waals surface area contributed by atoms with Gasteiger partial charge in [0.1, 0.15) is 5.75 Å². The van der Waals surface area contributed by atoms with E-state index in [2.05, 4.69) is 4.74 Å². The molecule has 0 aliphatic rings. The number of alkyl halides is 3. The van der Waals surface area contributed by atoms with Crippen LogP contribution < -0.4 is 4.74 Å². The first-order chi connectivity index (χ1) is 6.38. The summed E-state index contributed by atoms with van der Waals surface area (Å²) >= 11 is 7.49. The summed E-state index contributed by atoms with van der Waals surface area (Å²) in [6, 6.07) is 4.43. The fourth-order valence-corrected chi connectivity index (χ4v) is 1.78. The summed E-state index contributed by atoms with van der Waals surface area (Å²) in [6.45, 7) is -1.29. The van der Waals surface area contributed by atoms with Gasteiger partial charge < -0.3 is 4.74 Å². The van der Waals surface area contributed by atoms with Gasteiger partial charge in [-0.25, -0.2) is 0 Å². The topological polar surface area (TPSA) is 9.23 Å². The Morgan fingerprint density at radius 1 is 1.36 bits per heavy atom. The zero-order chi connectivity index (χ0) is 10.8. The largest absolute Gasteiger partial charge is 0.483 e. The fraction of sp³-hybridized carbons (Fsp3) is 0.250. The van der Waals surface area contributed by atoms with Crippen LogP contribution in [0.25, 0.3) is 0 Å². The van der Waals surface area contributed by atoms with Gasteiger partial charge in [0, 0.05) is 5.02 Å². The number of hydrogen-bond donors (Lipinski definition) is 0. The Morgan fingerprint density at radius 2 is 2.00 bits per heavy atom. The van der Waals surface area contributed by atoms with E-state index in [9.17, 15) is 13.2 Å². The summed E-state index contributed by atoms with van der Waals surface area (Å²) in [5.74, 6) is 0.187. The third kappa shape index (κ3) is 3.91. The van der Waals surface area contributed by atoms with Crippen LogP contribution in [0, 0.1) is 3.57 Å². The Bertz CT molecular complexity index is 327. The van der Waals surface area contributed by atoms with E-state index >= 15 is 0 Å². The molecule has 0 fully saturated rings. The molecular formula is C8H5ClF3IO. The van der Waals surface area contributed by atoms with E-state index in [0.717, 1.165) is 0 Å². The lowest BCUT2D eigenvalue weighted by molar-refractivity contribution is -0.153. The molecule has 0 radical (unpaired) electrons. The molecule has 0 aliphatic heterocycles. The standard InChI is InChI=1S/C8H5ClF3IO/c9-5-1-2-7(6(13)3-5)14-4-8(10,11)12/h1-3H,4H2. The summed E-state index contributed by atoms with van der Waals surface area (Å²) < 4.78 is 40.5. The van der Waals surface area contributed by atoms with Crippen molar-refractivity contribution in [2.45, 2.75) is 6.18 Å². The first-order valence-corrected chi connectivity index (χ1v) is 4.99. The maximum Gasteiger partial charge on any atom is 0.422 e. The number of halogens is 5. The van der Waals surface area contributed by atoms with E-state index in [0.29, 0.717) is 8.59 Å². The Labute approximate surface area is 97.3 Å². The Morgan fingerprint density at radius 3 is 2.50 bits per heavy atom. The average molecular weight is 336 g/mol. The highest BCUT2D eigenvalue weighted by atomic mass is 127. The molecule has 0 aromatic heterocycles.